The molecule has 30 heavy (non-hydrogen) atoms. The molecule has 1 fully saturated rings. The second kappa shape index (κ2) is 9.59. The van der Waals surface area contributed by atoms with Crippen LogP contribution >= 0.6 is 0 Å². The van der Waals surface area contributed by atoms with Gasteiger partial charge in [-0.3, -0.25) is 4.79 Å². The first kappa shape index (κ1) is 22.3. The standard InChI is InChI=1S/C22H29N3O4S/c1-4-24-12-14-25(15-13-24)30(27,28)21-7-5-6-19(16-21)23-22(26)18(3)29-20-10-8-17(2)9-11-20/h5-11,16,18H,4,12-15H2,1-3H3,(H,23,26). The van der Waals surface area contributed by atoms with Crippen LogP contribution in [0.4, 0.5) is 5.69 Å². The number of ether oxygens (including phenoxy) is 1. The van der Waals surface area contributed by atoms with Gasteiger partial charge in [-0.05, 0) is 50.7 Å². The molecule has 1 unspecified atom stereocenters. The fourth-order valence-corrected chi connectivity index (χ4v) is 4.76. The number of nitrogens with one attached hydrogen (secondary N) is 1. The molecular weight excluding hydrogens is 402 g/mol. The minimum Gasteiger partial charge on any atom is -0.481 e. The molecule has 2 aromatic rings. The van der Waals surface area contributed by atoms with Crippen molar-refractivity contribution in [1.82, 2.24) is 9.21 Å². The first-order valence-corrected chi connectivity index (χ1v) is 11.6. The molecule has 1 N–H and O–H groups in total. The highest BCUT2D eigenvalue weighted by Crippen LogP contribution is 2.21. The zero-order chi connectivity index (χ0) is 21.7. The van der Waals surface area contributed by atoms with Crippen molar-refractivity contribution in [3.63, 3.8) is 0 Å². The average Bonchev–Trinajstić information content (AvgIpc) is 2.75. The number of hydrogen-bond donors (Lipinski definition) is 1. The number of anilines is 1. The van der Waals surface area contributed by atoms with Crippen molar-refractivity contribution in [3.8, 4) is 5.75 Å². The molecule has 162 valence electrons. The quantitative estimate of drug-likeness (QED) is 0.729. The number of piperazine rings is 1. The minimum atomic E-state index is -3.60. The van der Waals surface area contributed by atoms with Gasteiger partial charge in [-0.2, -0.15) is 4.31 Å². The van der Waals surface area contributed by atoms with Gasteiger partial charge in [-0.25, -0.2) is 8.42 Å². The van der Waals surface area contributed by atoms with E-state index in [9.17, 15) is 13.2 Å². The number of hydrogen-bond acceptors (Lipinski definition) is 5. The number of carbonyl (C=O) groups is 1. The Morgan fingerprint density at radius 1 is 1.10 bits per heavy atom. The molecule has 0 aliphatic carbocycles. The Labute approximate surface area is 178 Å². The Hall–Kier alpha value is -2.42. The summed E-state index contributed by atoms with van der Waals surface area (Å²) in [5.41, 5.74) is 1.53. The maximum Gasteiger partial charge on any atom is 0.265 e. The van der Waals surface area contributed by atoms with E-state index >= 15 is 0 Å². The lowest BCUT2D eigenvalue weighted by molar-refractivity contribution is -0.122. The van der Waals surface area contributed by atoms with Crippen LogP contribution in [0.3, 0.4) is 0 Å². The lowest BCUT2D eigenvalue weighted by atomic mass is 10.2. The van der Waals surface area contributed by atoms with Crippen molar-refractivity contribution in [3.05, 3.63) is 54.1 Å². The molecule has 0 aromatic heterocycles. The van der Waals surface area contributed by atoms with Crippen LogP contribution in [0, 0.1) is 6.92 Å². The summed E-state index contributed by atoms with van der Waals surface area (Å²) in [6.45, 7) is 8.99. The second-order valence-corrected chi connectivity index (χ2v) is 9.37. The predicted octanol–water partition coefficient (Wildman–Crippen LogP) is 2.73. The molecule has 1 heterocycles. The van der Waals surface area contributed by atoms with Gasteiger partial charge in [0.25, 0.3) is 5.91 Å². The normalized spacial score (nSPS) is 16.8. The molecule has 1 amide bonds. The van der Waals surface area contributed by atoms with Crippen molar-refractivity contribution in [2.45, 2.75) is 31.8 Å². The van der Waals surface area contributed by atoms with Crippen LogP contribution in [0.1, 0.15) is 19.4 Å². The summed E-state index contributed by atoms with van der Waals surface area (Å²) in [6.07, 6.45) is -0.727. The molecule has 0 saturated carbocycles. The number of benzene rings is 2. The molecule has 1 aliphatic rings. The second-order valence-electron chi connectivity index (χ2n) is 7.43. The predicted molar refractivity (Wildman–Crippen MR) is 117 cm³/mol. The zero-order valence-corrected chi connectivity index (χ0v) is 18.5. The number of amides is 1. The van der Waals surface area contributed by atoms with E-state index in [-0.39, 0.29) is 10.8 Å². The summed E-state index contributed by atoms with van der Waals surface area (Å²) in [7, 11) is -3.60. The van der Waals surface area contributed by atoms with E-state index in [0.29, 0.717) is 24.5 Å². The number of aryl methyl sites for hydroxylation is 1. The molecule has 1 saturated heterocycles. The molecule has 0 radical (unpaired) electrons. The van der Waals surface area contributed by atoms with Crippen molar-refractivity contribution in [1.29, 1.82) is 0 Å². The maximum atomic E-state index is 13.0. The number of carbonyl (C=O) groups excluding carboxylic acids is 1. The summed E-state index contributed by atoms with van der Waals surface area (Å²) < 4.78 is 33.2. The van der Waals surface area contributed by atoms with Gasteiger partial charge < -0.3 is 15.0 Å². The van der Waals surface area contributed by atoms with Gasteiger partial charge in [-0.1, -0.05) is 30.7 Å². The molecule has 0 bridgehead atoms. The van der Waals surface area contributed by atoms with Gasteiger partial charge in [0.1, 0.15) is 5.75 Å². The van der Waals surface area contributed by atoms with Crippen molar-refractivity contribution >= 4 is 21.6 Å². The van der Waals surface area contributed by atoms with Crippen molar-refractivity contribution < 1.29 is 17.9 Å². The molecule has 2 aromatic carbocycles. The van der Waals surface area contributed by atoms with Gasteiger partial charge in [-0.15, -0.1) is 0 Å². The Morgan fingerprint density at radius 2 is 1.77 bits per heavy atom. The molecule has 1 aliphatic heterocycles. The summed E-state index contributed by atoms with van der Waals surface area (Å²) in [5, 5.41) is 2.75. The summed E-state index contributed by atoms with van der Waals surface area (Å²) in [5.74, 6) is 0.257. The number of nitrogens with zero attached hydrogens (tertiary/aromatic N) is 2. The monoisotopic (exact) mass is 431 g/mol. The number of sulfonamides is 1. The Morgan fingerprint density at radius 3 is 2.40 bits per heavy atom. The average molecular weight is 432 g/mol. The van der Waals surface area contributed by atoms with Crippen LogP contribution in [-0.4, -0.2) is 62.4 Å². The van der Waals surface area contributed by atoms with Crippen LogP contribution in [0.25, 0.3) is 0 Å². The zero-order valence-electron chi connectivity index (χ0n) is 17.7. The van der Waals surface area contributed by atoms with Gasteiger partial charge in [0.05, 0.1) is 4.90 Å². The van der Waals surface area contributed by atoms with Gasteiger partial charge in [0.15, 0.2) is 6.10 Å². The van der Waals surface area contributed by atoms with Crippen molar-refractivity contribution in [2.75, 3.05) is 38.0 Å². The molecule has 7 nitrogen and oxygen atoms in total. The van der Waals surface area contributed by atoms with Crippen LogP contribution < -0.4 is 10.1 Å². The topological polar surface area (TPSA) is 79.0 Å². The maximum absolute atomic E-state index is 13.0. The highest BCUT2D eigenvalue weighted by molar-refractivity contribution is 7.89. The fourth-order valence-electron chi connectivity index (χ4n) is 3.29. The van der Waals surface area contributed by atoms with E-state index in [1.165, 1.54) is 10.4 Å². The summed E-state index contributed by atoms with van der Waals surface area (Å²) in [6, 6.07) is 13.8. The van der Waals surface area contributed by atoms with E-state index in [1.54, 1.807) is 25.1 Å². The largest absolute Gasteiger partial charge is 0.481 e. The van der Waals surface area contributed by atoms with Crippen LogP contribution in [0.5, 0.6) is 5.75 Å². The van der Waals surface area contributed by atoms with E-state index in [2.05, 4.69) is 17.1 Å². The third-order valence-electron chi connectivity index (χ3n) is 5.22. The van der Waals surface area contributed by atoms with Crippen LogP contribution in [0.2, 0.25) is 0 Å². The lowest BCUT2D eigenvalue weighted by Crippen LogP contribution is -2.48. The van der Waals surface area contributed by atoms with Gasteiger partial charge in [0, 0.05) is 31.9 Å². The number of likely N-dealkylation sites (N-methyl/N-ethyl adjacent to an activating group) is 1. The molecular formula is C22H29N3O4S. The summed E-state index contributed by atoms with van der Waals surface area (Å²) in [4.78, 5) is 14.9. The highest BCUT2D eigenvalue weighted by atomic mass is 32.2. The number of rotatable bonds is 7. The Kier molecular flexibility index (Phi) is 7.12. The Balaban J connectivity index is 1.66. The smallest absolute Gasteiger partial charge is 0.265 e. The van der Waals surface area contributed by atoms with E-state index in [1.807, 2.05) is 31.2 Å². The third-order valence-corrected chi connectivity index (χ3v) is 7.12. The lowest BCUT2D eigenvalue weighted by Gasteiger charge is -2.33. The van der Waals surface area contributed by atoms with Gasteiger partial charge in [0.2, 0.25) is 10.0 Å². The van der Waals surface area contributed by atoms with E-state index in [0.717, 1.165) is 25.2 Å². The fraction of sp³-hybridized carbons (Fsp3) is 0.409. The van der Waals surface area contributed by atoms with Crippen LogP contribution in [0.15, 0.2) is 53.4 Å². The summed E-state index contributed by atoms with van der Waals surface area (Å²) >= 11 is 0. The van der Waals surface area contributed by atoms with Crippen molar-refractivity contribution in [2.24, 2.45) is 0 Å². The Bertz CT molecular complexity index is 968. The van der Waals surface area contributed by atoms with Gasteiger partial charge >= 0.3 is 0 Å². The van der Waals surface area contributed by atoms with Crippen LogP contribution in [-0.2, 0) is 14.8 Å². The molecule has 1 atom stereocenters. The third kappa shape index (κ3) is 5.38. The molecule has 0 spiro atoms. The molecule has 8 heteroatoms. The molecule has 3 rings (SSSR count). The first-order chi connectivity index (χ1) is 14.3. The SMILES string of the molecule is CCN1CCN(S(=O)(=O)c2cccc(NC(=O)C(C)Oc3ccc(C)cc3)c2)CC1. The van der Waals surface area contributed by atoms with E-state index < -0.39 is 16.1 Å². The first-order valence-electron chi connectivity index (χ1n) is 10.2. The minimum absolute atomic E-state index is 0.178. The highest BCUT2D eigenvalue weighted by Gasteiger charge is 2.28. The van der Waals surface area contributed by atoms with E-state index in [4.69, 9.17) is 4.74 Å².